The largest absolute Gasteiger partial charge is 0.481 e. The third-order valence-corrected chi connectivity index (χ3v) is 4.65. The molecule has 0 radical (unpaired) electrons. The third-order valence-electron chi connectivity index (χ3n) is 4.65. The second-order valence-corrected chi connectivity index (χ2v) is 6.17. The van der Waals surface area contributed by atoms with E-state index in [0.29, 0.717) is 5.41 Å². The van der Waals surface area contributed by atoms with Gasteiger partial charge in [0.2, 0.25) is 0 Å². The van der Waals surface area contributed by atoms with Gasteiger partial charge in [0.25, 0.3) is 0 Å². The van der Waals surface area contributed by atoms with Crippen LogP contribution < -0.4 is 0 Å². The van der Waals surface area contributed by atoms with Crippen molar-refractivity contribution in [2.75, 3.05) is 19.6 Å². The Balaban J connectivity index is 2.44. The molecule has 0 spiro atoms. The van der Waals surface area contributed by atoms with Crippen LogP contribution in [0.25, 0.3) is 0 Å². The molecule has 0 saturated carbocycles. The van der Waals surface area contributed by atoms with Crippen molar-refractivity contribution in [3.05, 3.63) is 0 Å². The van der Waals surface area contributed by atoms with Crippen molar-refractivity contribution in [3.63, 3.8) is 0 Å². The van der Waals surface area contributed by atoms with Gasteiger partial charge in [0, 0.05) is 6.54 Å². The second-order valence-electron chi connectivity index (χ2n) is 6.17. The molecule has 3 heteroatoms. The molecule has 0 aromatic carbocycles. The van der Waals surface area contributed by atoms with Crippen LogP contribution in [0.1, 0.15) is 53.4 Å². The first-order valence-corrected chi connectivity index (χ1v) is 6.81. The summed E-state index contributed by atoms with van der Waals surface area (Å²) >= 11 is 0. The number of carboxylic acids is 1. The molecule has 1 aliphatic rings. The Morgan fingerprint density at radius 3 is 2.35 bits per heavy atom. The van der Waals surface area contributed by atoms with Gasteiger partial charge in [-0.25, -0.2) is 0 Å². The maximum Gasteiger partial charge on any atom is 0.309 e. The summed E-state index contributed by atoms with van der Waals surface area (Å²) < 4.78 is 0. The van der Waals surface area contributed by atoms with Gasteiger partial charge in [-0.05, 0) is 58.0 Å². The highest BCUT2D eigenvalue weighted by Crippen LogP contribution is 2.37. The predicted octanol–water partition coefficient (Wildman–Crippen LogP) is 3.00. The zero-order valence-electron chi connectivity index (χ0n) is 11.8. The van der Waals surface area contributed by atoms with Gasteiger partial charge in [0.05, 0.1) is 5.41 Å². The van der Waals surface area contributed by atoms with E-state index in [0.717, 1.165) is 26.1 Å². The zero-order valence-corrected chi connectivity index (χ0v) is 11.8. The van der Waals surface area contributed by atoms with E-state index in [2.05, 4.69) is 18.7 Å². The minimum Gasteiger partial charge on any atom is -0.481 e. The number of carbonyl (C=O) groups is 1. The van der Waals surface area contributed by atoms with Crippen molar-refractivity contribution in [1.29, 1.82) is 0 Å². The monoisotopic (exact) mass is 241 g/mol. The lowest BCUT2D eigenvalue weighted by Gasteiger charge is -2.28. The van der Waals surface area contributed by atoms with Crippen LogP contribution in [0.4, 0.5) is 0 Å². The summed E-state index contributed by atoms with van der Waals surface area (Å²) in [4.78, 5) is 13.5. The van der Waals surface area contributed by atoms with E-state index in [-0.39, 0.29) is 0 Å². The average molecular weight is 241 g/mol. The number of nitrogens with zero attached hydrogens (tertiary/aromatic N) is 1. The van der Waals surface area contributed by atoms with E-state index in [1.165, 1.54) is 19.3 Å². The van der Waals surface area contributed by atoms with Crippen LogP contribution in [0.3, 0.4) is 0 Å². The number of rotatable bonds is 6. The topological polar surface area (TPSA) is 40.5 Å². The maximum absolute atomic E-state index is 11.0. The quantitative estimate of drug-likeness (QED) is 0.777. The van der Waals surface area contributed by atoms with Crippen LogP contribution in [-0.2, 0) is 4.79 Å². The summed E-state index contributed by atoms with van der Waals surface area (Å²) in [7, 11) is 0. The van der Waals surface area contributed by atoms with E-state index < -0.39 is 11.4 Å². The Kier molecular flexibility index (Phi) is 4.59. The molecule has 1 heterocycles. The zero-order chi connectivity index (χ0) is 13.1. The van der Waals surface area contributed by atoms with Crippen molar-refractivity contribution in [2.24, 2.45) is 10.8 Å². The molecule has 0 aliphatic carbocycles. The fourth-order valence-corrected chi connectivity index (χ4v) is 2.59. The van der Waals surface area contributed by atoms with Gasteiger partial charge in [-0.3, -0.25) is 4.79 Å². The Labute approximate surface area is 105 Å². The van der Waals surface area contributed by atoms with Gasteiger partial charge in [-0.15, -0.1) is 0 Å². The number of aliphatic carboxylic acids is 1. The van der Waals surface area contributed by atoms with Crippen LogP contribution >= 0.6 is 0 Å². The smallest absolute Gasteiger partial charge is 0.309 e. The van der Waals surface area contributed by atoms with Gasteiger partial charge in [-0.1, -0.05) is 13.8 Å². The lowest BCUT2D eigenvalue weighted by atomic mass is 9.82. The molecule has 1 aliphatic heterocycles. The summed E-state index contributed by atoms with van der Waals surface area (Å²) in [6.45, 7) is 11.4. The summed E-state index contributed by atoms with van der Waals surface area (Å²) in [6, 6.07) is 0. The van der Waals surface area contributed by atoms with E-state index in [4.69, 9.17) is 5.11 Å². The van der Waals surface area contributed by atoms with Crippen molar-refractivity contribution in [3.8, 4) is 0 Å². The fourth-order valence-electron chi connectivity index (χ4n) is 2.59. The van der Waals surface area contributed by atoms with E-state index >= 15 is 0 Å². The minimum absolute atomic E-state index is 0.493. The first kappa shape index (κ1) is 14.5. The first-order valence-electron chi connectivity index (χ1n) is 6.81. The molecule has 100 valence electrons. The summed E-state index contributed by atoms with van der Waals surface area (Å²) in [5.41, 5.74) is -0.100. The Bertz CT molecular complexity index is 269. The summed E-state index contributed by atoms with van der Waals surface area (Å²) in [6.07, 6.45) is 4.49. The van der Waals surface area contributed by atoms with Crippen LogP contribution in [0.5, 0.6) is 0 Å². The molecule has 0 unspecified atom stereocenters. The van der Waals surface area contributed by atoms with Crippen molar-refractivity contribution < 1.29 is 9.90 Å². The molecule has 0 bridgehead atoms. The standard InChI is InChI=1S/C14H27NO2/c1-5-14(6-2)8-10-15(11-14)9-7-13(3,4)12(16)17/h5-11H2,1-4H3,(H,16,17). The second kappa shape index (κ2) is 5.38. The van der Waals surface area contributed by atoms with Gasteiger partial charge in [0.15, 0.2) is 0 Å². The van der Waals surface area contributed by atoms with Gasteiger partial charge >= 0.3 is 5.97 Å². The number of carboxylic acid groups (broad SMARTS) is 1. The van der Waals surface area contributed by atoms with Gasteiger partial charge < -0.3 is 10.0 Å². The molecule has 1 rings (SSSR count). The first-order chi connectivity index (χ1) is 7.85. The van der Waals surface area contributed by atoms with Crippen molar-refractivity contribution >= 4 is 5.97 Å². The molecule has 0 atom stereocenters. The molecule has 0 amide bonds. The van der Waals surface area contributed by atoms with Crippen LogP contribution in [0.2, 0.25) is 0 Å². The molecular weight excluding hydrogens is 214 g/mol. The molecular formula is C14H27NO2. The molecule has 3 nitrogen and oxygen atoms in total. The van der Waals surface area contributed by atoms with Crippen molar-refractivity contribution in [2.45, 2.75) is 53.4 Å². The number of hydrogen-bond donors (Lipinski definition) is 1. The van der Waals surface area contributed by atoms with Crippen LogP contribution in [-0.4, -0.2) is 35.6 Å². The lowest BCUT2D eigenvalue weighted by Crippen LogP contribution is -2.32. The fraction of sp³-hybridized carbons (Fsp3) is 0.929. The minimum atomic E-state index is -0.686. The van der Waals surface area contributed by atoms with Crippen LogP contribution in [0.15, 0.2) is 0 Å². The highest BCUT2D eigenvalue weighted by atomic mass is 16.4. The summed E-state index contributed by atoms with van der Waals surface area (Å²) in [5.74, 6) is -0.686. The maximum atomic E-state index is 11.0. The number of likely N-dealkylation sites (tertiary alicyclic amines) is 1. The highest BCUT2D eigenvalue weighted by Gasteiger charge is 2.36. The van der Waals surface area contributed by atoms with E-state index in [1.54, 1.807) is 0 Å². The molecule has 0 aromatic heterocycles. The van der Waals surface area contributed by atoms with Gasteiger partial charge in [-0.2, -0.15) is 0 Å². The molecule has 1 fully saturated rings. The van der Waals surface area contributed by atoms with Crippen molar-refractivity contribution in [1.82, 2.24) is 4.90 Å². The Hall–Kier alpha value is -0.570. The molecule has 1 saturated heterocycles. The molecule has 0 aromatic rings. The normalized spacial score (nSPS) is 20.7. The average Bonchev–Trinajstić information content (AvgIpc) is 2.71. The number of hydrogen-bond acceptors (Lipinski definition) is 2. The SMILES string of the molecule is CCC1(CC)CCN(CCC(C)(C)C(=O)O)C1. The predicted molar refractivity (Wildman–Crippen MR) is 70.1 cm³/mol. The lowest BCUT2D eigenvalue weighted by molar-refractivity contribution is -0.147. The Morgan fingerprint density at radius 2 is 1.94 bits per heavy atom. The highest BCUT2D eigenvalue weighted by molar-refractivity contribution is 5.73. The van der Waals surface area contributed by atoms with Crippen LogP contribution in [0, 0.1) is 10.8 Å². The van der Waals surface area contributed by atoms with Gasteiger partial charge in [0.1, 0.15) is 0 Å². The third kappa shape index (κ3) is 3.44. The Morgan fingerprint density at radius 1 is 1.35 bits per heavy atom. The van der Waals surface area contributed by atoms with E-state index in [9.17, 15) is 4.79 Å². The summed E-state index contributed by atoms with van der Waals surface area (Å²) in [5, 5.41) is 9.09. The molecule has 17 heavy (non-hydrogen) atoms. The van der Waals surface area contributed by atoms with E-state index in [1.807, 2.05) is 13.8 Å². The molecule has 1 N–H and O–H groups in total.